The number of oxazole rings is 1. The van der Waals surface area contributed by atoms with Crippen molar-refractivity contribution >= 4 is 46.1 Å². The van der Waals surface area contributed by atoms with Crippen molar-refractivity contribution in [2.75, 3.05) is 11.1 Å². The fourth-order valence-corrected chi connectivity index (χ4v) is 3.71. The van der Waals surface area contributed by atoms with E-state index in [4.69, 9.17) is 16.0 Å². The maximum atomic E-state index is 12.3. The number of aromatic nitrogens is 1. The van der Waals surface area contributed by atoms with Gasteiger partial charge in [-0.1, -0.05) is 30.7 Å². The number of carbonyl (C=O) groups excluding carboxylic acids is 1. The van der Waals surface area contributed by atoms with Crippen molar-refractivity contribution in [1.29, 1.82) is 0 Å². The number of hydrogen-bond donors (Lipinski definition) is 1. The maximum Gasteiger partial charge on any atom is 0.234 e. The number of thioether (sulfide) groups is 1. The summed E-state index contributed by atoms with van der Waals surface area (Å²) >= 11 is 7.34. The highest BCUT2D eigenvalue weighted by Gasteiger charge is 2.10. The van der Waals surface area contributed by atoms with Crippen LogP contribution in [0, 0.1) is 0 Å². The van der Waals surface area contributed by atoms with Crippen molar-refractivity contribution in [2.24, 2.45) is 0 Å². The van der Waals surface area contributed by atoms with Gasteiger partial charge in [-0.25, -0.2) is 4.98 Å². The molecule has 0 aliphatic rings. The Bertz CT molecular complexity index is 1140. The average molecular weight is 423 g/mol. The highest BCUT2D eigenvalue weighted by Crippen LogP contribution is 2.27. The molecule has 0 atom stereocenters. The fraction of sp³-hybridized carbons (Fsp3) is 0.130. The molecule has 0 saturated carbocycles. The van der Waals surface area contributed by atoms with Crippen LogP contribution in [0.4, 0.5) is 5.69 Å². The molecule has 1 N–H and O–H groups in total. The number of anilines is 1. The van der Waals surface area contributed by atoms with E-state index >= 15 is 0 Å². The molecule has 0 bridgehead atoms. The summed E-state index contributed by atoms with van der Waals surface area (Å²) in [5, 5.41) is 3.59. The topological polar surface area (TPSA) is 55.1 Å². The first-order valence-corrected chi connectivity index (χ1v) is 10.6. The van der Waals surface area contributed by atoms with Gasteiger partial charge in [-0.3, -0.25) is 4.79 Å². The van der Waals surface area contributed by atoms with E-state index in [-0.39, 0.29) is 5.91 Å². The van der Waals surface area contributed by atoms with Crippen LogP contribution in [0.2, 0.25) is 5.02 Å². The highest BCUT2D eigenvalue weighted by atomic mass is 35.5. The summed E-state index contributed by atoms with van der Waals surface area (Å²) in [6.07, 6.45) is 0.993. The Balaban J connectivity index is 1.44. The van der Waals surface area contributed by atoms with Crippen molar-refractivity contribution in [2.45, 2.75) is 18.2 Å². The number of fused-ring (bicyclic) bond motifs is 1. The fourth-order valence-electron chi connectivity index (χ4n) is 2.89. The van der Waals surface area contributed by atoms with Gasteiger partial charge in [-0.15, -0.1) is 11.8 Å². The van der Waals surface area contributed by atoms with E-state index < -0.39 is 0 Å². The molecule has 0 saturated heterocycles. The lowest BCUT2D eigenvalue weighted by molar-refractivity contribution is -0.113. The summed E-state index contributed by atoms with van der Waals surface area (Å²) in [5.74, 6) is 0.806. The second-order valence-corrected chi connectivity index (χ2v) is 8.03. The van der Waals surface area contributed by atoms with Gasteiger partial charge in [0.05, 0.1) is 5.75 Å². The number of nitrogens with one attached hydrogen (secondary N) is 1. The molecule has 4 aromatic rings. The van der Waals surface area contributed by atoms with E-state index in [0.717, 1.165) is 16.9 Å². The number of aryl methyl sites for hydroxylation is 1. The van der Waals surface area contributed by atoms with Gasteiger partial charge in [-0.2, -0.15) is 0 Å². The SMILES string of the molecule is CCc1ccc(-c2nc3cc(NC(=O)CSc4ccc(Cl)cc4)ccc3o2)cc1. The molecule has 0 radical (unpaired) electrons. The van der Waals surface area contributed by atoms with Crippen molar-refractivity contribution in [3.63, 3.8) is 0 Å². The van der Waals surface area contributed by atoms with E-state index in [2.05, 4.69) is 29.4 Å². The molecule has 0 fully saturated rings. The van der Waals surface area contributed by atoms with Gasteiger partial charge < -0.3 is 9.73 Å². The summed E-state index contributed by atoms with van der Waals surface area (Å²) in [6, 6.07) is 21.1. The molecule has 6 heteroatoms. The number of carbonyl (C=O) groups is 1. The minimum absolute atomic E-state index is 0.0804. The number of halogens is 1. The quantitative estimate of drug-likeness (QED) is 0.363. The first kappa shape index (κ1) is 19.6. The number of amides is 1. The van der Waals surface area contributed by atoms with Gasteiger partial charge >= 0.3 is 0 Å². The maximum absolute atomic E-state index is 12.3. The van der Waals surface area contributed by atoms with E-state index in [1.165, 1.54) is 17.3 Å². The van der Waals surface area contributed by atoms with E-state index in [1.807, 2.05) is 54.6 Å². The molecule has 29 heavy (non-hydrogen) atoms. The third-order valence-corrected chi connectivity index (χ3v) is 5.73. The summed E-state index contributed by atoms with van der Waals surface area (Å²) in [7, 11) is 0. The molecule has 0 unspecified atom stereocenters. The largest absolute Gasteiger partial charge is 0.436 e. The van der Waals surface area contributed by atoms with Gasteiger partial charge in [0.15, 0.2) is 5.58 Å². The zero-order chi connectivity index (χ0) is 20.2. The lowest BCUT2D eigenvalue weighted by Gasteiger charge is -2.05. The minimum Gasteiger partial charge on any atom is -0.436 e. The molecular formula is C23H19ClN2O2S. The van der Waals surface area contributed by atoms with Gasteiger partial charge in [0.25, 0.3) is 0 Å². The molecule has 1 heterocycles. The molecule has 4 nitrogen and oxygen atoms in total. The van der Waals surface area contributed by atoms with Crippen LogP contribution in [0.25, 0.3) is 22.6 Å². The van der Waals surface area contributed by atoms with E-state index in [9.17, 15) is 4.79 Å². The smallest absolute Gasteiger partial charge is 0.234 e. The lowest BCUT2D eigenvalue weighted by atomic mass is 10.1. The predicted octanol–water partition coefficient (Wildman–Crippen LogP) is 6.44. The Morgan fingerprint density at radius 2 is 1.83 bits per heavy atom. The zero-order valence-electron chi connectivity index (χ0n) is 15.8. The minimum atomic E-state index is -0.0804. The highest BCUT2D eigenvalue weighted by molar-refractivity contribution is 8.00. The van der Waals surface area contributed by atoms with Gasteiger partial charge in [0.1, 0.15) is 5.52 Å². The molecule has 3 aromatic carbocycles. The van der Waals surface area contributed by atoms with Gasteiger partial charge in [0, 0.05) is 21.2 Å². The molecular weight excluding hydrogens is 404 g/mol. The van der Waals surface area contributed by atoms with Crippen LogP contribution in [-0.4, -0.2) is 16.6 Å². The molecule has 0 aliphatic heterocycles. The van der Waals surface area contributed by atoms with Crippen LogP contribution in [0.1, 0.15) is 12.5 Å². The van der Waals surface area contributed by atoms with Crippen LogP contribution >= 0.6 is 23.4 Å². The standard InChI is InChI=1S/C23H19ClN2O2S/c1-2-15-3-5-16(6-4-15)23-26-20-13-18(9-12-21(20)28-23)25-22(27)14-29-19-10-7-17(24)8-11-19/h3-13H,2,14H2,1H3,(H,25,27). The normalized spacial score (nSPS) is 11.0. The van der Waals surface area contributed by atoms with Crippen LogP contribution in [0.5, 0.6) is 0 Å². The Hall–Kier alpha value is -2.76. The number of benzene rings is 3. The van der Waals surface area contributed by atoms with Crippen LogP contribution in [0.15, 0.2) is 76.0 Å². The van der Waals surface area contributed by atoms with Crippen LogP contribution in [-0.2, 0) is 11.2 Å². The van der Waals surface area contributed by atoms with Crippen molar-refractivity contribution in [3.8, 4) is 11.5 Å². The summed E-state index contributed by atoms with van der Waals surface area (Å²) in [4.78, 5) is 17.8. The Morgan fingerprint density at radius 3 is 2.55 bits per heavy atom. The Morgan fingerprint density at radius 1 is 1.07 bits per heavy atom. The first-order valence-electron chi connectivity index (χ1n) is 9.29. The molecule has 1 aromatic heterocycles. The van der Waals surface area contributed by atoms with Crippen molar-refractivity contribution < 1.29 is 9.21 Å². The third-order valence-electron chi connectivity index (χ3n) is 4.46. The second kappa shape index (κ2) is 8.72. The molecule has 4 rings (SSSR count). The first-order chi connectivity index (χ1) is 14.1. The Kier molecular flexibility index (Phi) is 5.88. The van der Waals surface area contributed by atoms with Gasteiger partial charge in [-0.05, 0) is 66.6 Å². The van der Waals surface area contributed by atoms with E-state index in [0.29, 0.717) is 33.5 Å². The average Bonchev–Trinajstić information content (AvgIpc) is 3.17. The second-order valence-electron chi connectivity index (χ2n) is 6.54. The number of rotatable bonds is 6. The van der Waals surface area contributed by atoms with Crippen molar-refractivity contribution in [1.82, 2.24) is 4.98 Å². The third kappa shape index (κ3) is 4.81. The molecule has 146 valence electrons. The van der Waals surface area contributed by atoms with Crippen LogP contribution in [0.3, 0.4) is 0 Å². The number of hydrogen-bond acceptors (Lipinski definition) is 4. The van der Waals surface area contributed by atoms with Crippen LogP contribution < -0.4 is 5.32 Å². The zero-order valence-corrected chi connectivity index (χ0v) is 17.4. The van der Waals surface area contributed by atoms with E-state index in [1.54, 1.807) is 0 Å². The number of nitrogens with zero attached hydrogens (tertiary/aromatic N) is 1. The summed E-state index contributed by atoms with van der Waals surface area (Å²) in [5.41, 5.74) is 4.30. The molecule has 0 spiro atoms. The summed E-state index contributed by atoms with van der Waals surface area (Å²) < 4.78 is 5.86. The Labute approximate surface area is 178 Å². The van der Waals surface area contributed by atoms with Gasteiger partial charge in [0.2, 0.25) is 11.8 Å². The lowest BCUT2D eigenvalue weighted by Crippen LogP contribution is -2.13. The molecule has 1 amide bonds. The monoisotopic (exact) mass is 422 g/mol. The molecule has 0 aliphatic carbocycles. The predicted molar refractivity (Wildman–Crippen MR) is 120 cm³/mol. The summed E-state index contributed by atoms with van der Waals surface area (Å²) in [6.45, 7) is 2.12. The van der Waals surface area contributed by atoms with Crippen molar-refractivity contribution in [3.05, 3.63) is 77.3 Å².